The van der Waals surface area contributed by atoms with Crippen LogP contribution in [0.15, 0.2) is 0 Å². The first-order chi connectivity index (χ1) is 8.09. The quantitative estimate of drug-likeness (QED) is 0.872. The van der Waals surface area contributed by atoms with Crippen molar-refractivity contribution in [3.63, 3.8) is 0 Å². The van der Waals surface area contributed by atoms with Crippen LogP contribution in [0.4, 0.5) is 0 Å². The zero-order valence-corrected chi connectivity index (χ0v) is 11.6. The molecule has 3 nitrogen and oxygen atoms in total. The van der Waals surface area contributed by atoms with Crippen LogP contribution in [0.1, 0.15) is 49.6 Å². The fourth-order valence-corrected chi connectivity index (χ4v) is 2.75. The van der Waals surface area contributed by atoms with Gasteiger partial charge in [0.15, 0.2) is 0 Å². The summed E-state index contributed by atoms with van der Waals surface area (Å²) in [6, 6.07) is 0. The fourth-order valence-electron chi connectivity index (χ4n) is 2.75. The van der Waals surface area contributed by atoms with Crippen molar-refractivity contribution in [2.45, 2.75) is 46.0 Å². The lowest BCUT2D eigenvalue weighted by Gasteiger charge is -2.22. The lowest BCUT2D eigenvalue weighted by molar-refractivity contribution is 0.448. The molecule has 1 aliphatic heterocycles. The van der Waals surface area contributed by atoms with Crippen LogP contribution < -0.4 is 5.32 Å². The Morgan fingerprint density at radius 3 is 2.82 bits per heavy atom. The molecule has 0 amide bonds. The van der Waals surface area contributed by atoms with Gasteiger partial charge in [-0.2, -0.15) is 5.10 Å². The van der Waals surface area contributed by atoms with Gasteiger partial charge in [-0.1, -0.05) is 13.8 Å². The van der Waals surface area contributed by atoms with E-state index in [-0.39, 0.29) is 0 Å². The van der Waals surface area contributed by atoms with Crippen LogP contribution >= 0.6 is 0 Å². The van der Waals surface area contributed by atoms with Gasteiger partial charge in [-0.05, 0) is 44.2 Å². The monoisotopic (exact) mass is 235 g/mol. The standard InChI is InChI=1S/C14H25N3/c1-10(2)8-13-11(3)17(4)16-14(13)12-6-5-7-15-9-12/h10,12,15H,5-9H2,1-4H3. The molecule has 0 bridgehead atoms. The maximum absolute atomic E-state index is 4.76. The molecule has 1 aliphatic rings. The molecule has 1 aromatic heterocycles. The van der Waals surface area contributed by atoms with Crippen LogP contribution in [-0.2, 0) is 13.5 Å². The summed E-state index contributed by atoms with van der Waals surface area (Å²) in [7, 11) is 2.07. The van der Waals surface area contributed by atoms with Gasteiger partial charge in [0.1, 0.15) is 0 Å². The van der Waals surface area contributed by atoms with Gasteiger partial charge in [0.2, 0.25) is 0 Å². The molecule has 96 valence electrons. The van der Waals surface area contributed by atoms with E-state index >= 15 is 0 Å². The number of rotatable bonds is 3. The molecule has 2 rings (SSSR count). The van der Waals surface area contributed by atoms with Crippen molar-refractivity contribution < 1.29 is 0 Å². The Bertz CT molecular complexity index is 373. The number of aromatic nitrogens is 2. The molecule has 1 aromatic rings. The Kier molecular flexibility index (Phi) is 3.87. The molecule has 2 heterocycles. The van der Waals surface area contributed by atoms with E-state index in [0.717, 1.165) is 13.0 Å². The molecule has 3 heteroatoms. The Morgan fingerprint density at radius 2 is 2.24 bits per heavy atom. The Labute approximate surface area is 105 Å². The number of piperidine rings is 1. The average molecular weight is 235 g/mol. The zero-order chi connectivity index (χ0) is 12.4. The van der Waals surface area contributed by atoms with Crippen LogP contribution in [0.2, 0.25) is 0 Å². The van der Waals surface area contributed by atoms with Crippen LogP contribution in [0, 0.1) is 12.8 Å². The van der Waals surface area contributed by atoms with E-state index in [2.05, 4.69) is 37.8 Å². The Morgan fingerprint density at radius 1 is 1.47 bits per heavy atom. The highest BCUT2D eigenvalue weighted by molar-refractivity contribution is 5.29. The minimum atomic E-state index is 0.623. The van der Waals surface area contributed by atoms with E-state index in [1.54, 1.807) is 0 Å². The average Bonchev–Trinajstić information content (AvgIpc) is 2.58. The van der Waals surface area contributed by atoms with E-state index in [4.69, 9.17) is 5.10 Å². The molecule has 1 atom stereocenters. The van der Waals surface area contributed by atoms with Crippen LogP contribution in [0.5, 0.6) is 0 Å². The zero-order valence-electron chi connectivity index (χ0n) is 11.6. The summed E-state index contributed by atoms with van der Waals surface area (Å²) in [6.07, 6.45) is 3.72. The molecule has 0 spiro atoms. The first-order valence-corrected chi connectivity index (χ1v) is 6.82. The first-order valence-electron chi connectivity index (χ1n) is 6.82. The third kappa shape index (κ3) is 2.71. The third-order valence-electron chi connectivity index (χ3n) is 3.79. The molecule has 0 saturated carbocycles. The van der Waals surface area contributed by atoms with E-state index in [1.807, 2.05) is 0 Å². The smallest absolute Gasteiger partial charge is 0.0702 e. The van der Waals surface area contributed by atoms with Gasteiger partial charge in [0, 0.05) is 25.2 Å². The maximum atomic E-state index is 4.76. The largest absolute Gasteiger partial charge is 0.316 e. The normalized spacial score (nSPS) is 21.1. The number of nitrogens with zero attached hydrogens (tertiary/aromatic N) is 2. The summed E-state index contributed by atoms with van der Waals surface area (Å²) >= 11 is 0. The van der Waals surface area contributed by atoms with E-state index in [9.17, 15) is 0 Å². The lowest BCUT2D eigenvalue weighted by atomic mass is 9.90. The minimum Gasteiger partial charge on any atom is -0.316 e. The van der Waals surface area contributed by atoms with Crippen molar-refractivity contribution in [3.05, 3.63) is 17.0 Å². The van der Waals surface area contributed by atoms with Gasteiger partial charge in [-0.15, -0.1) is 0 Å². The second-order valence-electron chi connectivity index (χ2n) is 5.71. The van der Waals surface area contributed by atoms with Crippen molar-refractivity contribution >= 4 is 0 Å². The number of nitrogens with one attached hydrogen (secondary N) is 1. The summed E-state index contributed by atoms with van der Waals surface area (Å²) in [5.74, 6) is 1.32. The van der Waals surface area contributed by atoms with E-state index in [0.29, 0.717) is 11.8 Å². The van der Waals surface area contributed by atoms with Crippen molar-refractivity contribution in [2.24, 2.45) is 13.0 Å². The highest BCUT2D eigenvalue weighted by atomic mass is 15.3. The van der Waals surface area contributed by atoms with E-state index < -0.39 is 0 Å². The third-order valence-corrected chi connectivity index (χ3v) is 3.79. The lowest BCUT2D eigenvalue weighted by Crippen LogP contribution is -2.29. The number of aryl methyl sites for hydroxylation is 1. The number of hydrogen-bond acceptors (Lipinski definition) is 2. The molecule has 0 radical (unpaired) electrons. The number of hydrogen-bond donors (Lipinski definition) is 1. The summed E-state index contributed by atoms with van der Waals surface area (Å²) in [6.45, 7) is 9.04. The summed E-state index contributed by atoms with van der Waals surface area (Å²) in [5, 5.41) is 8.26. The highest BCUT2D eigenvalue weighted by Crippen LogP contribution is 2.28. The van der Waals surface area contributed by atoms with Gasteiger partial charge in [-0.3, -0.25) is 4.68 Å². The maximum Gasteiger partial charge on any atom is 0.0702 e. The second kappa shape index (κ2) is 5.21. The topological polar surface area (TPSA) is 29.9 Å². The molecule has 0 aliphatic carbocycles. The van der Waals surface area contributed by atoms with Crippen LogP contribution in [0.3, 0.4) is 0 Å². The predicted molar refractivity (Wildman–Crippen MR) is 71.3 cm³/mol. The van der Waals surface area contributed by atoms with Gasteiger partial charge < -0.3 is 5.32 Å². The van der Waals surface area contributed by atoms with Crippen molar-refractivity contribution in [3.8, 4) is 0 Å². The van der Waals surface area contributed by atoms with Gasteiger partial charge in [0.05, 0.1) is 5.69 Å². The molecule has 17 heavy (non-hydrogen) atoms. The van der Waals surface area contributed by atoms with Gasteiger partial charge >= 0.3 is 0 Å². The Hall–Kier alpha value is -0.830. The Balaban J connectivity index is 2.28. The highest BCUT2D eigenvalue weighted by Gasteiger charge is 2.23. The molecular weight excluding hydrogens is 210 g/mol. The van der Waals surface area contributed by atoms with Crippen molar-refractivity contribution in [2.75, 3.05) is 13.1 Å². The van der Waals surface area contributed by atoms with Crippen molar-refractivity contribution in [1.29, 1.82) is 0 Å². The van der Waals surface area contributed by atoms with Gasteiger partial charge in [0.25, 0.3) is 0 Å². The van der Waals surface area contributed by atoms with Crippen LogP contribution in [-0.4, -0.2) is 22.9 Å². The molecule has 0 aromatic carbocycles. The van der Waals surface area contributed by atoms with E-state index in [1.165, 1.54) is 36.3 Å². The van der Waals surface area contributed by atoms with Crippen molar-refractivity contribution in [1.82, 2.24) is 15.1 Å². The minimum absolute atomic E-state index is 0.623. The molecule has 1 fully saturated rings. The summed E-state index contributed by atoms with van der Waals surface area (Å²) in [4.78, 5) is 0. The second-order valence-corrected chi connectivity index (χ2v) is 5.71. The summed E-state index contributed by atoms with van der Waals surface area (Å²) < 4.78 is 2.06. The molecule has 1 saturated heterocycles. The molecule has 1 unspecified atom stereocenters. The first kappa shape index (κ1) is 12.6. The van der Waals surface area contributed by atoms with Gasteiger partial charge in [-0.25, -0.2) is 0 Å². The SMILES string of the molecule is Cc1c(CC(C)C)c(C2CCCNC2)nn1C. The molecular formula is C14H25N3. The molecule has 1 N–H and O–H groups in total. The van der Waals surface area contributed by atoms with Crippen LogP contribution in [0.25, 0.3) is 0 Å². The predicted octanol–water partition coefficient (Wildman–Crippen LogP) is 2.39. The summed E-state index contributed by atoms with van der Waals surface area (Å²) in [5.41, 5.74) is 4.20. The fraction of sp³-hybridized carbons (Fsp3) is 0.786.